The first-order valence-corrected chi connectivity index (χ1v) is 7.43. The standard InChI is InChI=1S/C18H20N2O3/c1-13(2)20(11-15-6-4-14(10-19)5-7-15)12-16-8-9-23-17(16)18(21)22-3/h4-9,13H,11-12H2,1-3H3. The Morgan fingerprint density at radius 1 is 1.26 bits per heavy atom. The maximum Gasteiger partial charge on any atom is 0.374 e. The van der Waals surface area contributed by atoms with Crippen molar-refractivity contribution in [2.45, 2.75) is 33.0 Å². The minimum absolute atomic E-state index is 0.248. The average molecular weight is 312 g/mol. The highest BCUT2D eigenvalue weighted by molar-refractivity contribution is 5.87. The smallest absolute Gasteiger partial charge is 0.374 e. The van der Waals surface area contributed by atoms with Crippen LogP contribution in [0.25, 0.3) is 0 Å². The number of hydrogen-bond acceptors (Lipinski definition) is 5. The first kappa shape index (κ1) is 16.8. The van der Waals surface area contributed by atoms with E-state index in [-0.39, 0.29) is 11.8 Å². The van der Waals surface area contributed by atoms with Gasteiger partial charge in [-0.05, 0) is 37.6 Å². The van der Waals surface area contributed by atoms with Crippen LogP contribution in [0.4, 0.5) is 0 Å². The number of carbonyl (C=O) groups is 1. The molecule has 2 aromatic rings. The number of esters is 1. The third-order valence-corrected chi connectivity index (χ3v) is 3.69. The van der Waals surface area contributed by atoms with Gasteiger partial charge in [0.25, 0.3) is 0 Å². The van der Waals surface area contributed by atoms with Crippen LogP contribution in [0.1, 0.15) is 41.1 Å². The number of ether oxygens (including phenoxy) is 1. The molecule has 0 saturated carbocycles. The molecule has 0 fully saturated rings. The topological polar surface area (TPSA) is 66.5 Å². The lowest BCUT2D eigenvalue weighted by atomic mass is 10.1. The van der Waals surface area contributed by atoms with Gasteiger partial charge >= 0.3 is 5.97 Å². The normalized spacial score (nSPS) is 10.8. The molecule has 120 valence electrons. The van der Waals surface area contributed by atoms with E-state index in [4.69, 9.17) is 14.4 Å². The first-order chi connectivity index (χ1) is 11.0. The summed E-state index contributed by atoms with van der Waals surface area (Å²) in [5.74, 6) is -0.218. The SMILES string of the molecule is COC(=O)c1occc1CN(Cc1ccc(C#N)cc1)C(C)C. The van der Waals surface area contributed by atoms with E-state index < -0.39 is 5.97 Å². The monoisotopic (exact) mass is 312 g/mol. The number of methoxy groups -OCH3 is 1. The van der Waals surface area contributed by atoms with Gasteiger partial charge < -0.3 is 9.15 Å². The summed E-state index contributed by atoms with van der Waals surface area (Å²) >= 11 is 0. The van der Waals surface area contributed by atoms with Gasteiger partial charge in [-0.3, -0.25) is 4.90 Å². The molecule has 0 amide bonds. The van der Waals surface area contributed by atoms with Crippen molar-refractivity contribution in [3.8, 4) is 6.07 Å². The summed E-state index contributed by atoms with van der Waals surface area (Å²) in [4.78, 5) is 13.9. The Balaban J connectivity index is 2.14. The highest BCUT2D eigenvalue weighted by atomic mass is 16.5. The van der Waals surface area contributed by atoms with E-state index in [2.05, 4.69) is 24.8 Å². The lowest BCUT2D eigenvalue weighted by Gasteiger charge is -2.26. The zero-order valence-electron chi connectivity index (χ0n) is 13.6. The van der Waals surface area contributed by atoms with E-state index in [9.17, 15) is 4.79 Å². The summed E-state index contributed by atoms with van der Waals surface area (Å²) in [6.07, 6.45) is 1.50. The molecule has 1 heterocycles. The Morgan fingerprint density at radius 2 is 1.96 bits per heavy atom. The van der Waals surface area contributed by atoms with Crippen molar-refractivity contribution in [2.24, 2.45) is 0 Å². The molecule has 5 nitrogen and oxygen atoms in total. The molecule has 0 atom stereocenters. The van der Waals surface area contributed by atoms with E-state index in [0.717, 1.165) is 17.7 Å². The number of benzene rings is 1. The fourth-order valence-electron chi connectivity index (χ4n) is 2.29. The van der Waals surface area contributed by atoms with Gasteiger partial charge in [-0.25, -0.2) is 4.79 Å². The van der Waals surface area contributed by atoms with Crippen LogP contribution in [-0.4, -0.2) is 24.0 Å². The highest BCUT2D eigenvalue weighted by Crippen LogP contribution is 2.18. The van der Waals surface area contributed by atoms with Gasteiger partial charge in [0.2, 0.25) is 5.76 Å². The van der Waals surface area contributed by atoms with E-state index in [1.807, 2.05) is 24.3 Å². The van der Waals surface area contributed by atoms with Gasteiger partial charge in [-0.15, -0.1) is 0 Å². The van der Waals surface area contributed by atoms with E-state index in [0.29, 0.717) is 12.1 Å². The van der Waals surface area contributed by atoms with Crippen LogP contribution < -0.4 is 0 Å². The number of nitrogens with zero attached hydrogens (tertiary/aromatic N) is 2. The number of furan rings is 1. The molecule has 0 aliphatic rings. The van der Waals surface area contributed by atoms with Crippen molar-refractivity contribution in [3.05, 3.63) is 59.0 Å². The molecule has 0 N–H and O–H groups in total. The van der Waals surface area contributed by atoms with Gasteiger partial charge in [0, 0.05) is 24.7 Å². The van der Waals surface area contributed by atoms with Crippen LogP contribution in [0.5, 0.6) is 0 Å². The Kier molecular flexibility index (Phi) is 5.56. The molecular weight excluding hydrogens is 292 g/mol. The summed E-state index contributed by atoms with van der Waals surface area (Å²) in [5.41, 5.74) is 2.56. The zero-order chi connectivity index (χ0) is 16.8. The van der Waals surface area contributed by atoms with Crippen molar-refractivity contribution in [2.75, 3.05) is 7.11 Å². The minimum atomic E-state index is -0.466. The summed E-state index contributed by atoms with van der Waals surface area (Å²) in [6, 6.07) is 11.7. The lowest BCUT2D eigenvalue weighted by Crippen LogP contribution is -2.30. The fourth-order valence-corrected chi connectivity index (χ4v) is 2.29. The third-order valence-electron chi connectivity index (χ3n) is 3.69. The van der Waals surface area contributed by atoms with Gasteiger partial charge in [0.15, 0.2) is 0 Å². The molecule has 0 aliphatic carbocycles. The second-order valence-electron chi connectivity index (χ2n) is 5.57. The van der Waals surface area contributed by atoms with Crippen molar-refractivity contribution in [1.82, 2.24) is 4.90 Å². The maximum absolute atomic E-state index is 11.7. The Bertz CT molecular complexity index is 696. The minimum Gasteiger partial charge on any atom is -0.463 e. The molecule has 0 unspecified atom stereocenters. The van der Waals surface area contributed by atoms with Crippen LogP contribution >= 0.6 is 0 Å². The molecule has 5 heteroatoms. The average Bonchev–Trinajstić information content (AvgIpc) is 3.02. The van der Waals surface area contributed by atoms with Crippen LogP contribution in [0.2, 0.25) is 0 Å². The molecule has 1 aromatic carbocycles. The van der Waals surface area contributed by atoms with Crippen molar-refractivity contribution in [3.63, 3.8) is 0 Å². The third kappa shape index (κ3) is 4.21. The second-order valence-corrected chi connectivity index (χ2v) is 5.57. The second kappa shape index (κ2) is 7.61. The van der Waals surface area contributed by atoms with Gasteiger partial charge in [0.1, 0.15) is 0 Å². The molecule has 0 spiro atoms. The molecule has 0 saturated heterocycles. The zero-order valence-corrected chi connectivity index (χ0v) is 13.6. The summed E-state index contributed by atoms with van der Waals surface area (Å²) in [6.45, 7) is 5.50. The van der Waals surface area contributed by atoms with Gasteiger partial charge in [-0.1, -0.05) is 12.1 Å². The van der Waals surface area contributed by atoms with E-state index >= 15 is 0 Å². The number of hydrogen-bond donors (Lipinski definition) is 0. The van der Waals surface area contributed by atoms with Crippen molar-refractivity contribution >= 4 is 5.97 Å². The summed E-state index contributed by atoms with van der Waals surface area (Å²) in [5, 5.41) is 8.86. The Morgan fingerprint density at radius 3 is 2.52 bits per heavy atom. The lowest BCUT2D eigenvalue weighted by molar-refractivity contribution is 0.0560. The van der Waals surface area contributed by atoms with E-state index in [1.54, 1.807) is 6.07 Å². The maximum atomic E-state index is 11.7. The fraction of sp³-hybridized carbons (Fsp3) is 0.333. The quantitative estimate of drug-likeness (QED) is 0.765. The largest absolute Gasteiger partial charge is 0.463 e. The van der Waals surface area contributed by atoms with Crippen LogP contribution in [-0.2, 0) is 17.8 Å². The van der Waals surface area contributed by atoms with Crippen LogP contribution in [0.15, 0.2) is 41.0 Å². The predicted octanol–water partition coefficient (Wildman–Crippen LogP) is 3.35. The molecule has 0 radical (unpaired) electrons. The first-order valence-electron chi connectivity index (χ1n) is 7.43. The molecule has 0 bridgehead atoms. The van der Waals surface area contributed by atoms with Gasteiger partial charge in [-0.2, -0.15) is 5.26 Å². The van der Waals surface area contributed by atoms with E-state index in [1.165, 1.54) is 13.4 Å². The highest BCUT2D eigenvalue weighted by Gasteiger charge is 2.19. The molecule has 0 aliphatic heterocycles. The summed E-state index contributed by atoms with van der Waals surface area (Å²) in [7, 11) is 1.34. The molecular formula is C18H20N2O3. The Labute approximate surface area is 136 Å². The van der Waals surface area contributed by atoms with Gasteiger partial charge in [0.05, 0.1) is 25.0 Å². The molecule has 23 heavy (non-hydrogen) atoms. The summed E-state index contributed by atoms with van der Waals surface area (Å²) < 4.78 is 9.98. The number of carbonyl (C=O) groups excluding carboxylic acids is 1. The van der Waals surface area contributed by atoms with Crippen molar-refractivity contribution < 1.29 is 13.9 Å². The molecule has 2 rings (SSSR count). The van der Waals surface area contributed by atoms with Crippen LogP contribution in [0, 0.1) is 11.3 Å². The molecule has 1 aromatic heterocycles. The van der Waals surface area contributed by atoms with Crippen molar-refractivity contribution in [1.29, 1.82) is 5.26 Å². The number of rotatable bonds is 6. The van der Waals surface area contributed by atoms with Crippen LogP contribution in [0.3, 0.4) is 0 Å². The predicted molar refractivity (Wildman–Crippen MR) is 85.6 cm³/mol. The number of nitriles is 1. The Hall–Kier alpha value is -2.58.